The summed E-state index contributed by atoms with van der Waals surface area (Å²) in [6.45, 7) is 8.90. The van der Waals surface area contributed by atoms with Crippen molar-refractivity contribution in [3.63, 3.8) is 0 Å². The van der Waals surface area contributed by atoms with Crippen molar-refractivity contribution in [2.24, 2.45) is 5.92 Å². The van der Waals surface area contributed by atoms with Crippen LogP contribution in [0.2, 0.25) is 0 Å². The van der Waals surface area contributed by atoms with Gasteiger partial charge in [0.2, 0.25) is 0 Å². The molecule has 0 fully saturated rings. The molecule has 0 aromatic heterocycles. The average molecular weight is 326 g/mol. The molecule has 0 radical (unpaired) electrons. The van der Waals surface area contributed by atoms with Gasteiger partial charge in [-0.1, -0.05) is 44.2 Å². The molecular formula is C21H26O3. The molecular weight excluding hydrogens is 300 g/mol. The Balaban J connectivity index is 2.20. The van der Waals surface area contributed by atoms with Gasteiger partial charge in [-0.15, -0.1) is 0 Å². The standard InChI is InChI=1S/C21H26O3/c1-14(2)13-24-19-7-5-6-17(11-19)12-20(21(22)23)18-9-8-15(3)16(4)10-18/h5-11,14,20H,12-13H2,1-4H3,(H,22,23). The lowest BCUT2D eigenvalue weighted by atomic mass is 9.90. The van der Waals surface area contributed by atoms with Crippen LogP contribution in [0.5, 0.6) is 5.75 Å². The fourth-order valence-corrected chi connectivity index (χ4v) is 2.59. The third-order valence-corrected chi connectivity index (χ3v) is 4.15. The van der Waals surface area contributed by atoms with E-state index >= 15 is 0 Å². The lowest BCUT2D eigenvalue weighted by molar-refractivity contribution is -0.138. The minimum Gasteiger partial charge on any atom is -0.493 e. The minimum absolute atomic E-state index is 0.455. The Hall–Kier alpha value is -2.29. The Morgan fingerprint density at radius 1 is 1.08 bits per heavy atom. The molecule has 0 aliphatic rings. The molecule has 3 heteroatoms. The molecule has 2 aromatic carbocycles. The van der Waals surface area contributed by atoms with E-state index in [2.05, 4.69) is 13.8 Å². The van der Waals surface area contributed by atoms with Crippen LogP contribution in [-0.4, -0.2) is 17.7 Å². The van der Waals surface area contributed by atoms with Gasteiger partial charge in [-0.05, 0) is 60.6 Å². The summed E-state index contributed by atoms with van der Waals surface area (Å²) in [6.07, 6.45) is 0.455. The van der Waals surface area contributed by atoms with Gasteiger partial charge >= 0.3 is 5.97 Å². The number of aliphatic carboxylic acids is 1. The molecule has 1 N–H and O–H groups in total. The number of carboxylic acids is 1. The number of carbonyl (C=O) groups is 1. The zero-order valence-electron chi connectivity index (χ0n) is 14.9. The molecule has 3 nitrogen and oxygen atoms in total. The molecule has 128 valence electrons. The predicted octanol–water partition coefficient (Wildman–Crippen LogP) is 4.75. The Kier molecular flexibility index (Phi) is 6.02. The molecule has 0 aliphatic carbocycles. The minimum atomic E-state index is -0.799. The molecule has 1 atom stereocenters. The summed E-state index contributed by atoms with van der Waals surface area (Å²) in [6, 6.07) is 13.6. The number of aryl methyl sites for hydroxylation is 2. The lowest BCUT2D eigenvalue weighted by Gasteiger charge is -2.15. The molecule has 0 bridgehead atoms. The van der Waals surface area contributed by atoms with Crippen molar-refractivity contribution < 1.29 is 14.6 Å². The van der Waals surface area contributed by atoms with Crippen LogP contribution < -0.4 is 4.74 Å². The highest BCUT2D eigenvalue weighted by atomic mass is 16.5. The zero-order valence-corrected chi connectivity index (χ0v) is 14.9. The molecule has 0 heterocycles. The van der Waals surface area contributed by atoms with Crippen LogP contribution in [0, 0.1) is 19.8 Å². The van der Waals surface area contributed by atoms with Crippen molar-refractivity contribution in [2.75, 3.05) is 6.61 Å². The van der Waals surface area contributed by atoms with Crippen LogP contribution in [-0.2, 0) is 11.2 Å². The summed E-state index contributed by atoms with van der Waals surface area (Å²) in [5.41, 5.74) is 4.11. The van der Waals surface area contributed by atoms with Crippen LogP contribution in [0.25, 0.3) is 0 Å². The van der Waals surface area contributed by atoms with Crippen molar-refractivity contribution in [1.82, 2.24) is 0 Å². The normalized spacial score (nSPS) is 12.2. The van der Waals surface area contributed by atoms with Gasteiger partial charge in [0.1, 0.15) is 5.75 Å². The second-order valence-electron chi connectivity index (χ2n) is 6.79. The van der Waals surface area contributed by atoms with E-state index in [0.717, 1.165) is 22.4 Å². The highest BCUT2D eigenvalue weighted by Crippen LogP contribution is 2.25. The highest BCUT2D eigenvalue weighted by Gasteiger charge is 2.21. The van der Waals surface area contributed by atoms with E-state index in [9.17, 15) is 9.90 Å². The van der Waals surface area contributed by atoms with Gasteiger partial charge in [-0.25, -0.2) is 0 Å². The molecule has 0 amide bonds. The molecule has 0 spiro atoms. The third kappa shape index (κ3) is 4.85. The van der Waals surface area contributed by atoms with E-state index < -0.39 is 11.9 Å². The third-order valence-electron chi connectivity index (χ3n) is 4.15. The van der Waals surface area contributed by atoms with E-state index in [1.807, 2.05) is 56.3 Å². The van der Waals surface area contributed by atoms with Gasteiger partial charge in [-0.3, -0.25) is 4.79 Å². The van der Waals surface area contributed by atoms with Crippen LogP contribution in [0.15, 0.2) is 42.5 Å². The maximum absolute atomic E-state index is 11.8. The summed E-state index contributed by atoms with van der Waals surface area (Å²) >= 11 is 0. The first-order valence-corrected chi connectivity index (χ1v) is 8.38. The Morgan fingerprint density at radius 2 is 1.83 bits per heavy atom. The second-order valence-corrected chi connectivity index (χ2v) is 6.79. The largest absolute Gasteiger partial charge is 0.493 e. The molecule has 0 saturated heterocycles. The van der Waals surface area contributed by atoms with E-state index in [0.29, 0.717) is 18.9 Å². The first kappa shape index (κ1) is 18.1. The van der Waals surface area contributed by atoms with Crippen molar-refractivity contribution >= 4 is 5.97 Å². The van der Waals surface area contributed by atoms with E-state index in [1.54, 1.807) is 0 Å². The van der Waals surface area contributed by atoms with Crippen molar-refractivity contribution in [3.05, 3.63) is 64.7 Å². The molecule has 1 unspecified atom stereocenters. The van der Waals surface area contributed by atoms with Gasteiger partial charge in [-0.2, -0.15) is 0 Å². The van der Waals surface area contributed by atoms with Crippen LogP contribution in [0.1, 0.15) is 42.0 Å². The molecule has 2 aromatic rings. The van der Waals surface area contributed by atoms with Crippen molar-refractivity contribution in [3.8, 4) is 5.75 Å². The number of rotatable bonds is 7. The molecule has 2 rings (SSSR count). The molecule has 24 heavy (non-hydrogen) atoms. The average Bonchev–Trinajstić information content (AvgIpc) is 2.53. The van der Waals surface area contributed by atoms with E-state index in [4.69, 9.17) is 4.74 Å². The second kappa shape index (κ2) is 8.00. The first-order valence-electron chi connectivity index (χ1n) is 8.38. The fraction of sp³-hybridized carbons (Fsp3) is 0.381. The number of ether oxygens (including phenoxy) is 1. The predicted molar refractivity (Wildman–Crippen MR) is 96.8 cm³/mol. The SMILES string of the molecule is Cc1ccc(C(Cc2cccc(OCC(C)C)c2)C(=O)O)cc1C. The van der Waals surface area contributed by atoms with E-state index in [-0.39, 0.29) is 0 Å². The van der Waals surface area contributed by atoms with Gasteiger partial charge in [0.15, 0.2) is 0 Å². The molecule has 0 saturated carbocycles. The Bertz CT molecular complexity index is 704. The number of hydrogen-bond acceptors (Lipinski definition) is 2. The number of carboxylic acid groups (broad SMARTS) is 1. The quantitative estimate of drug-likeness (QED) is 0.798. The van der Waals surface area contributed by atoms with Crippen molar-refractivity contribution in [2.45, 2.75) is 40.0 Å². The smallest absolute Gasteiger partial charge is 0.311 e. The first-order chi connectivity index (χ1) is 11.4. The number of benzene rings is 2. The highest BCUT2D eigenvalue weighted by molar-refractivity contribution is 5.76. The van der Waals surface area contributed by atoms with Gasteiger partial charge < -0.3 is 9.84 Å². The van der Waals surface area contributed by atoms with E-state index in [1.165, 1.54) is 5.56 Å². The summed E-state index contributed by atoms with van der Waals surface area (Å²) in [5.74, 6) is -0.0993. The zero-order chi connectivity index (χ0) is 17.7. The summed E-state index contributed by atoms with van der Waals surface area (Å²) in [5, 5.41) is 9.66. The van der Waals surface area contributed by atoms with Gasteiger partial charge in [0, 0.05) is 0 Å². The summed E-state index contributed by atoms with van der Waals surface area (Å²) in [7, 11) is 0. The lowest BCUT2D eigenvalue weighted by Crippen LogP contribution is -2.15. The van der Waals surface area contributed by atoms with Crippen molar-refractivity contribution in [1.29, 1.82) is 0 Å². The van der Waals surface area contributed by atoms with Gasteiger partial charge in [0.25, 0.3) is 0 Å². The summed E-state index contributed by atoms with van der Waals surface area (Å²) < 4.78 is 5.74. The van der Waals surface area contributed by atoms with Crippen LogP contribution in [0.3, 0.4) is 0 Å². The fourth-order valence-electron chi connectivity index (χ4n) is 2.59. The maximum atomic E-state index is 11.8. The monoisotopic (exact) mass is 326 g/mol. The maximum Gasteiger partial charge on any atom is 0.311 e. The Morgan fingerprint density at radius 3 is 2.46 bits per heavy atom. The number of hydrogen-bond donors (Lipinski definition) is 1. The summed E-state index contributed by atoms with van der Waals surface area (Å²) in [4.78, 5) is 11.8. The van der Waals surface area contributed by atoms with Crippen LogP contribution >= 0.6 is 0 Å². The Labute approximate surface area is 144 Å². The van der Waals surface area contributed by atoms with Crippen LogP contribution in [0.4, 0.5) is 0 Å². The van der Waals surface area contributed by atoms with Gasteiger partial charge in [0.05, 0.1) is 12.5 Å². The topological polar surface area (TPSA) is 46.5 Å². The molecule has 0 aliphatic heterocycles.